The molecule has 0 aliphatic heterocycles. The van der Waals surface area contributed by atoms with Crippen molar-refractivity contribution in [2.75, 3.05) is 6.54 Å². The molecule has 0 radical (unpaired) electrons. The van der Waals surface area contributed by atoms with Crippen LogP contribution in [0.3, 0.4) is 0 Å². The largest absolute Gasteiger partial charge is 0.480 e. The van der Waals surface area contributed by atoms with Crippen molar-refractivity contribution in [3.8, 4) is 0 Å². The lowest BCUT2D eigenvalue weighted by Gasteiger charge is -2.28. The van der Waals surface area contributed by atoms with Crippen LogP contribution >= 0.6 is 0 Å². The summed E-state index contributed by atoms with van der Waals surface area (Å²) in [6.45, 7) is 3.74. The van der Waals surface area contributed by atoms with Crippen LogP contribution in [0.4, 0.5) is 0 Å². The van der Waals surface area contributed by atoms with Gasteiger partial charge in [-0.3, -0.25) is 24.2 Å². The van der Waals surface area contributed by atoms with E-state index in [1.54, 1.807) is 6.92 Å². The van der Waals surface area contributed by atoms with E-state index in [4.69, 9.17) is 22.9 Å². The lowest BCUT2D eigenvalue weighted by Crippen LogP contribution is -2.58. The van der Waals surface area contributed by atoms with Gasteiger partial charge in [0.15, 0.2) is 5.96 Å². The van der Waals surface area contributed by atoms with Gasteiger partial charge in [0.25, 0.3) is 0 Å². The van der Waals surface area contributed by atoms with Crippen molar-refractivity contribution in [2.45, 2.75) is 76.5 Å². The Hall–Kier alpha value is -4.21. The minimum atomic E-state index is -1.41. The van der Waals surface area contributed by atoms with E-state index in [0.717, 1.165) is 0 Å². The van der Waals surface area contributed by atoms with Crippen molar-refractivity contribution in [2.24, 2.45) is 33.8 Å². The maximum absolute atomic E-state index is 13.3. The molecule has 13 N–H and O–H groups in total. The molecule has 16 nitrogen and oxygen atoms in total. The molecule has 5 atom stereocenters. The summed E-state index contributed by atoms with van der Waals surface area (Å²) in [4.78, 5) is 72.4. The lowest BCUT2D eigenvalue weighted by atomic mass is 9.96. The van der Waals surface area contributed by atoms with Gasteiger partial charge in [-0.25, -0.2) is 9.78 Å². The Kier molecular flexibility index (Phi) is 14.0. The molecule has 0 fully saturated rings. The van der Waals surface area contributed by atoms with Crippen LogP contribution in [0, 0.1) is 5.92 Å². The van der Waals surface area contributed by atoms with Gasteiger partial charge in [0.2, 0.25) is 23.6 Å². The minimum Gasteiger partial charge on any atom is -0.480 e. The number of rotatable bonds is 18. The first kappa shape index (κ1) is 32.8. The molecule has 5 unspecified atom stereocenters. The van der Waals surface area contributed by atoms with Gasteiger partial charge >= 0.3 is 5.97 Å². The summed E-state index contributed by atoms with van der Waals surface area (Å²) in [6.07, 6.45) is 3.50. The van der Waals surface area contributed by atoms with E-state index in [9.17, 15) is 29.1 Å². The predicted octanol–water partition coefficient (Wildman–Crippen LogP) is -2.82. The number of carbonyl (C=O) groups excluding carboxylic acids is 4. The average Bonchev–Trinajstić information content (AvgIpc) is 3.38. The number of nitrogens with one attached hydrogen (secondary N) is 4. The van der Waals surface area contributed by atoms with Gasteiger partial charge in [-0.15, -0.1) is 0 Å². The second-order valence-corrected chi connectivity index (χ2v) is 9.17. The van der Waals surface area contributed by atoms with E-state index in [2.05, 4.69) is 30.9 Å². The summed E-state index contributed by atoms with van der Waals surface area (Å²) in [5.41, 5.74) is 22.4. The van der Waals surface area contributed by atoms with E-state index < -0.39 is 53.8 Å². The van der Waals surface area contributed by atoms with Crippen molar-refractivity contribution >= 4 is 35.6 Å². The molecule has 0 spiro atoms. The number of carboxylic acids is 1. The molecule has 0 saturated heterocycles. The van der Waals surface area contributed by atoms with Gasteiger partial charge in [-0.05, 0) is 25.2 Å². The summed E-state index contributed by atoms with van der Waals surface area (Å²) in [5, 5.41) is 17.0. The monoisotopic (exact) mass is 552 g/mol. The van der Waals surface area contributed by atoms with Crippen LogP contribution < -0.4 is 38.9 Å². The Morgan fingerprint density at radius 1 is 1.03 bits per heavy atom. The number of hydrogen-bond donors (Lipinski definition) is 9. The fraction of sp³-hybridized carbons (Fsp3) is 0.609. The molecule has 218 valence electrons. The zero-order valence-electron chi connectivity index (χ0n) is 22.2. The molecule has 16 heteroatoms. The molecule has 39 heavy (non-hydrogen) atoms. The third kappa shape index (κ3) is 12.3. The highest BCUT2D eigenvalue weighted by Crippen LogP contribution is 2.11. The van der Waals surface area contributed by atoms with Crippen LogP contribution in [0.15, 0.2) is 17.5 Å². The Morgan fingerprint density at radius 2 is 1.69 bits per heavy atom. The number of carbonyl (C=O) groups is 5. The second kappa shape index (κ2) is 16.6. The first-order valence-electron chi connectivity index (χ1n) is 12.6. The number of aliphatic imine (C=N–C) groups is 1. The third-order valence-corrected chi connectivity index (χ3v) is 6.00. The van der Waals surface area contributed by atoms with Crippen LogP contribution in [0.2, 0.25) is 0 Å². The maximum atomic E-state index is 13.3. The SMILES string of the molecule is CCC(C)C(NC(=O)C(N)Cc1cnc[nH]1)C(=O)NC(CCCN=C(N)N)C(=O)NC(CCC(N)=O)C(=O)O. The fourth-order valence-electron chi connectivity index (χ4n) is 3.54. The summed E-state index contributed by atoms with van der Waals surface area (Å²) < 4.78 is 0. The van der Waals surface area contributed by atoms with E-state index in [1.807, 2.05) is 6.92 Å². The average molecular weight is 553 g/mol. The highest BCUT2D eigenvalue weighted by Gasteiger charge is 2.32. The maximum Gasteiger partial charge on any atom is 0.326 e. The summed E-state index contributed by atoms with van der Waals surface area (Å²) in [7, 11) is 0. The Balaban J connectivity index is 3.03. The molecule has 0 aromatic carbocycles. The second-order valence-electron chi connectivity index (χ2n) is 9.17. The molecule has 4 amide bonds. The minimum absolute atomic E-state index is 0.0526. The quantitative estimate of drug-likeness (QED) is 0.0511. The Bertz CT molecular complexity index is 996. The lowest BCUT2D eigenvalue weighted by molar-refractivity contribution is -0.142. The van der Waals surface area contributed by atoms with Gasteiger partial charge in [-0.1, -0.05) is 20.3 Å². The molecule has 1 heterocycles. The van der Waals surface area contributed by atoms with E-state index in [-0.39, 0.29) is 50.5 Å². The van der Waals surface area contributed by atoms with Crippen molar-refractivity contribution in [3.63, 3.8) is 0 Å². The van der Waals surface area contributed by atoms with Crippen LogP contribution in [0.5, 0.6) is 0 Å². The van der Waals surface area contributed by atoms with Crippen LogP contribution in [0.25, 0.3) is 0 Å². The predicted molar refractivity (Wildman–Crippen MR) is 141 cm³/mol. The number of carboxylic acid groups (broad SMARTS) is 1. The fourth-order valence-corrected chi connectivity index (χ4v) is 3.54. The summed E-state index contributed by atoms with van der Waals surface area (Å²) in [6, 6.07) is -4.60. The summed E-state index contributed by atoms with van der Waals surface area (Å²) in [5.74, 6) is -4.60. The number of aromatic amines is 1. The van der Waals surface area contributed by atoms with Gasteiger partial charge in [0.05, 0.1) is 12.4 Å². The molecule has 0 aliphatic carbocycles. The van der Waals surface area contributed by atoms with Crippen molar-refractivity contribution in [1.29, 1.82) is 0 Å². The first-order chi connectivity index (χ1) is 18.3. The number of primary amides is 1. The van der Waals surface area contributed by atoms with Gasteiger partial charge in [-0.2, -0.15) is 0 Å². The van der Waals surface area contributed by atoms with E-state index in [0.29, 0.717) is 12.1 Å². The molecule has 0 aliphatic rings. The van der Waals surface area contributed by atoms with Gasteiger partial charge in [0, 0.05) is 31.3 Å². The van der Waals surface area contributed by atoms with Gasteiger partial charge in [0.1, 0.15) is 18.1 Å². The van der Waals surface area contributed by atoms with Crippen molar-refractivity contribution in [1.82, 2.24) is 25.9 Å². The Labute approximate surface area is 226 Å². The number of aromatic nitrogens is 2. The number of amides is 4. The number of guanidine groups is 1. The zero-order valence-corrected chi connectivity index (χ0v) is 22.2. The number of nitrogens with zero attached hydrogens (tertiary/aromatic N) is 2. The van der Waals surface area contributed by atoms with Crippen LogP contribution in [-0.4, -0.2) is 81.3 Å². The number of nitrogens with two attached hydrogens (primary N) is 4. The van der Waals surface area contributed by atoms with Crippen LogP contribution in [0.1, 0.15) is 51.6 Å². The molecule has 1 rings (SSSR count). The normalized spacial score (nSPS) is 14.6. The van der Waals surface area contributed by atoms with Crippen LogP contribution in [-0.2, 0) is 30.4 Å². The molecule has 0 saturated carbocycles. The highest BCUT2D eigenvalue weighted by atomic mass is 16.4. The van der Waals surface area contributed by atoms with E-state index in [1.165, 1.54) is 12.5 Å². The third-order valence-electron chi connectivity index (χ3n) is 6.00. The number of hydrogen-bond acceptors (Lipinski definition) is 8. The van der Waals surface area contributed by atoms with Crippen molar-refractivity contribution < 1.29 is 29.1 Å². The zero-order chi connectivity index (χ0) is 29.5. The molecule has 1 aromatic rings. The summed E-state index contributed by atoms with van der Waals surface area (Å²) >= 11 is 0. The number of H-pyrrole nitrogens is 1. The number of aliphatic carboxylic acids is 1. The molecular formula is C23H40N10O6. The highest BCUT2D eigenvalue weighted by molar-refractivity contribution is 5.94. The van der Waals surface area contributed by atoms with E-state index >= 15 is 0 Å². The number of imidazole rings is 1. The first-order valence-corrected chi connectivity index (χ1v) is 12.6. The Morgan fingerprint density at radius 3 is 2.23 bits per heavy atom. The molecule has 0 bridgehead atoms. The molecular weight excluding hydrogens is 512 g/mol. The molecule has 1 aromatic heterocycles. The standard InChI is InChI=1S/C23H40N10O6/c1-3-12(2)18(33-19(35)14(24)9-13-10-28-11-30-13)21(37)31-15(5-4-8-29-23(26)27)20(36)32-16(22(38)39)6-7-17(25)34/h10-12,14-16,18H,3-9,24H2,1-2H3,(H2,25,34)(H,28,30)(H,31,37)(H,32,36)(H,33,35)(H,38,39)(H4,26,27,29). The topological polar surface area (TPSA) is 287 Å². The van der Waals surface area contributed by atoms with Gasteiger partial charge < -0.3 is 49.0 Å². The smallest absolute Gasteiger partial charge is 0.326 e. The van der Waals surface area contributed by atoms with Crippen molar-refractivity contribution in [3.05, 3.63) is 18.2 Å².